The van der Waals surface area contributed by atoms with E-state index >= 15 is 0 Å². The molecule has 3 aromatic rings. The molecule has 0 bridgehead atoms. The van der Waals surface area contributed by atoms with Crippen molar-refractivity contribution in [1.29, 1.82) is 5.26 Å². The first-order valence-electron chi connectivity index (χ1n) is 7.50. The lowest BCUT2D eigenvalue weighted by atomic mass is 9.83. The van der Waals surface area contributed by atoms with E-state index in [-0.39, 0.29) is 5.88 Å². The standard InChI is InChI=1S/C19H11Cl2N3O/c20-11-5-3-10(4-6-11)16-13-8-15(21)12-2-1-7-24-17(12)18(13)25-19(23)14(16)9-22/h1-8,16H,23H2. The number of nitriles is 1. The molecular weight excluding hydrogens is 357 g/mol. The fourth-order valence-corrected chi connectivity index (χ4v) is 3.50. The van der Waals surface area contributed by atoms with Gasteiger partial charge in [0.05, 0.1) is 10.9 Å². The van der Waals surface area contributed by atoms with Crippen LogP contribution < -0.4 is 10.5 Å². The Morgan fingerprint density at radius 1 is 1.16 bits per heavy atom. The number of rotatable bonds is 1. The van der Waals surface area contributed by atoms with E-state index in [0.717, 1.165) is 16.5 Å². The van der Waals surface area contributed by atoms with Crippen LogP contribution in [0.4, 0.5) is 0 Å². The van der Waals surface area contributed by atoms with E-state index in [1.165, 1.54) is 0 Å². The molecule has 2 heterocycles. The Bertz CT molecular complexity index is 1070. The van der Waals surface area contributed by atoms with Crippen LogP contribution in [-0.4, -0.2) is 4.98 Å². The average Bonchev–Trinajstić information content (AvgIpc) is 2.63. The van der Waals surface area contributed by atoms with Gasteiger partial charge in [-0.15, -0.1) is 0 Å². The summed E-state index contributed by atoms with van der Waals surface area (Å²) >= 11 is 12.4. The Labute approximate surface area is 154 Å². The van der Waals surface area contributed by atoms with Gasteiger partial charge in [0.25, 0.3) is 0 Å². The Kier molecular flexibility index (Phi) is 3.76. The molecule has 0 amide bonds. The van der Waals surface area contributed by atoms with Crippen molar-refractivity contribution in [2.75, 3.05) is 0 Å². The van der Waals surface area contributed by atoms with Gasteiger partial charge in [-0.1, -0.05) is 35.3 Å². The second-order valence-electron chi connectivity index (χ2n) is 5.65. The maximum atomic E-state index is 9.61. The summed E-state index contributed by atoms with van der Waals surface area (Å²) < 4.78 is 5.77. The number of fused-ring (bicyclic) bond motifs is 3. The summed E-state index contributed by atoms with van der Waals surface area (Å²) in [6.45, 7) is 0. The molecule has 1 aliphatic heterocycles. The monoisotopic (exact) mass is 367 g/mol. The van der Waals surface area contributed by atoms with Crippen molar-refractivity contribution in [3.05, 3.63) is 81.3 Å². The maximum absolute atomic E-state index is 9.61. The zero-order valence-corrected chi connectivity index (χ0v) is 14.3. The van der Waals surface area contributed by atoms with Crippen LogP contribution in [0.1, 0.15) is 17.0 Å². The van der Waals surface area contributed by atoms with Crippen LogP contribution >= 0.6 is 23.2 Å². The molecule has 0 radical (unpaired) electrons. The van der Waals surface area contributed by atoms with Gasteiger partial charge in [0.2, 0.25) is 5.88 Å². The number of pyridine rings is 1. The highest BCUT2D eigenvalue weighted by Gasteiger charge is 2.32. The van der Waals surface area contributed by atoms with Gasteiger partial charge in [-0.3, -0.25) is 4.98 Å². The van der Waals surface area contributed by atoms with E-state index in [9.17, 15) is 5.26 Å². The molecule has 0 fully saturated rings. The van der Waals surface area contributed by atoms with E-state index in [1.54, 1.807) is 24.4 Å². The van der Waals surface area contributed by atoms with Crippen molar-refractivity contribution in [2.45, 2.75) is 5.92 Å². The lowest BCUT2D eigenvalue weighted by Crippen LogP contribution is -2.21. The third kappa shape index (κ3) is 2.49. The van der Waals surface area contributed by atoms with Crippen LogP contribution in [0.15, 0.2) is 60.1 Å². The summed E-state index contributed by atoms with van der Waals surface area (Å²) in [5.74, 6) is 0.204. The van der Waals surface area contributed by atoms with Gasteiger partial charge in [-0.2, -0.15) is 5.26 Å². The minimum atomic E-state index is -0.394. The zero-order chi connectivity index (χ0) is 17.6. The predicted octanol–water partition coefficient (Wildman–Crippen LogP) is 4.76. The number of aromatic nitrogens is 1. The summed E-state index contributed by atoms with van der Waals surface area (Å²) in [5.41, 5.74) is 8.62. The molecule has 0 spiro atoms. The summed E-state index contributed by atoms with van der Waals surface area (Å²) in [6.07, 6.45) is 1.67. The number of benzene rings is 2. The molecule has 4 rings (SSSR count). The lowest BCUT2D eigenvalue weighted by Gasteiger charge is -2.27. The molecule has 0 aliphatic carbocycles. The third-order valence-electron chi connectivity index (χ3n) is 4.23. The van der Waals surface area contributed by atoms with Crippen LogP contribution in [0.5, 0.6) is 5.75 Å². The van der Waals surface area contributed by atoms with Crippen LogP contribution in [0.2, 0.25) is 10.0 Å². The number of hydrogen-bond acceptors (Lipinski definition) is 4. The van der Waals surface area contributed by atoms with Crippen molar-refractivity contribution in [3.8, 4) is 11.8 Å². The second-order valence-corrected chi connectivity index (χ2v) is 6.50. The minimum absolute atomic E-state index is 0.0734. The molecule has 1 unspecified atom stereocenters. The number of ether oxygens (including phenoxy) is 1. The molecule has 2 N–H and O–H groups in total. The summed E-state index contributed by atoms with van der Waals surface area (Å²) in [6, 6.07) is 14.9. The normalized spacial score (nSPS) is 16.3. The SMILES string of the molecule is N#CC1=C(N)Oc2c(cc(Cl)c3cccnc23)C1c1ccc(Cl)cc1. The Morgan fingerprint density at radius 3 is 2.64 bits per heavy atom. The largest absolute Gasteiger partial charge is 0.438 e. The Morgan fingerprint density at radius 2 is 1.92 bits per heavy atom. The van der Waals surface area contributed by atoms with E-state index < -0.39 is 5.92 Å². The van der Waals surface area contributed by atoms with Crippen molar-refractivity contribution < 1.29 is 4.74 Å². The smallest absolute Gasteiger partial charge is 0.205 e. The summed E-state index contributed by atoms with van der Waals surface area (Å²) in [5, 5.41) is 11.5. The molecular formula is C19H11Cl2N3O. The van der Waals surface area contributed by atoms with Crippen LogP contribution in [0.3, 0.4) is 0 Å². The number of nitrogens with zero attached hydrogens (tertiary/aromatic N) is 2. The van der Waals surface area contributed by atoms with Crippen molar-refractivity contribution >= 4 is 34.1 Å². The fourth-order valence-electron chi connectivity index (χ4n) is 3.10. The second kappa shape index (κ2) is 5.96. The van der Waals surface area contributed by atoms with E-state index in [4.69, 9.17) is 33.7 Å². The quantitative estimate of drug-likeness (QED) is 0.672. The molecule has 1 aliphatic rings. The zero-order valence-electron chi connectivity index (χ0n) is 12.8. The van der Waals surface area contributed by atoms with Gasteiger partial charge in [0.15, 0.2) is 5.75 Å². The fraction of sp³-hybridized carbons (Fsp3) is 0.0526. The molecule has 25 heavy (non-hydrogen) atoms. The molecule has 4 nitrogen and oxygen atoms in total. The molecule has 122 valence electrons. The van der Waals surface area contributed by atoms with Crippen molar-refractivity contribution in [2.24, 2.45) is 5.73 Å². The summed E-state index contributed by atoms with van der Waals surface area (Å²) in [7, 11) is 0. The Hall–Kier alpha value is -2.74. The van der Waals surface area contributed by atoms with Crippen molar-refractivity contribution in [3.63, 3.8) is 0 Å². The molecule has 1 aromatic heterocycles. The molecule has 0 saturated heterocycles. The molecule has 6 heteroatoms. The third-order valence-corrected chi connectivity index (χ3v) is 4.79. The number of hydrogen-bond donors (Lipinski definition) is 1. The molecule has 1 atom stereocenters. The molecule has 2 aromatic carbocycles. The first-order valence-corrected chi connectivity index (χ1v) is 8.26. The first-order chi connectivity index (χ1) is 12.1. The van der Waals surface area contributed by atoms with Gasteiger partial charge in [-0.25, -0.2) is 0 Å². The topological polar surface area (TPSA) is 71.9 Å². The van der Waals surface area contributed by atoms with Crippen LogP contribution in [0.25, 0.3) is 10.9 Å². The van der Waals surface area contributed by atoms with Crippen LogP contribution in [-0.2, 0) is 0 Å². The maximum Gasteiger partial charge on any atom is 0.205 e. The Balaban J connectivity index is 2.04. The van der Waals surface area contributed by atoms with Gasteiger partial charge >= 0.3 is 0 Å². The van der Waals surface area contributed by atoms with Crippen LogP contribution in [0, 0.1) is 11.3 Å². The van der Waals surface area contributed by atoms with Crippen molar-refractivity contribution in [1.82, 2.24) is 4.98 Å². The number of nitrogens with two attached hydrogens (primary N) is 1. The summed E-state index contributed by atoms with van der Waals surface area (Å²) in [4.78, 5) is 4.39. The highest BCUT2D eigenvalue weighted by Crippen LogP contribution is 2.46. The van der Waals surface area contributed by atoms with Gasteiger partial charge in [0.1, 0.15) is 17.2 Å². The van der Waals surface area contributed by atoms with Gasteiger partial charge < -0.3 is 10.5 Å². The van der Waals surface area contributed by atoms with E-state index in [1.807, 2.05) is 24.3 Å². The van der Waals surface area contributed by atoms with Gasteiger partial charge in [0, 0.05) is 22.2 Å². The highest BCUT2D eigenvalue weighted by molar-refractivity contribution is 6.35. The minimum Gasteiger partial charge on any atom is -0.438 e. The first kappa shape index (κ1) is 15.8. The number of halogens is 2. The predicted molar refractivity (Wildman–Crippen MR) is 97.5 cm³/mol. The van der Waals surface area contributed by atoms with E-state index in [0.29, 0.717) is 26.9 Å². The van der Waals surface area contributed by atoms with E-state index in [2.05, 4.69) is 11.1 Å². The average molecular weight is 368 g/mol. The highest BCUT2D eigenvalue weighted by atomic mass is 35.5. The lowest BCUT2D eigenvalue weighted by molar-refractivity contribution is 0.397. The molecule has 0 saturated carbocycles. The number of allylic oxidation sites excluding steroid dienone is 1. The van der Waals surface area contributed by atoms with Gasteiger partial charge in [-0.05, 0) is 35.9 Å².